The SMILES string of the molecule is O=C(NCc1ccnc(N2CCCC2)c1)c1ccccc1CCc1ccccc1. The van der Waals surface area contributed by atoms with Gasteiger partial charge in [-0.1, -0.05) is 48.5 Å². The monoisotopic (exact) mass is 385 g/mol. The zero-order valence-electron chi connectivity index (χ0n) is 16.7. The van der Waals surface area contributed by atoms with Crippen LogP contribution < -0.4 is 10.2 Å². The maximum Gasteiger partial charge on any atom is 0.251 e. The largest absolute Gasteiger partial charge is 0.357 e. The van der Waals surface area contributed by atoms with E-state index >= 15 is 0 Å². The maximum atomic E-state index is 12.9. The molecular formula is C25H27N3O. The van der Waals surface area contributed by atoms with Crippen LogP contribution in [0.15, 0.2) is 72.9 Å². The molecule has 4 heteroatoms. The van der Waals surface area contributed by atoms with Crippen molar-refractivity contribution in [3.63, 3.8) is 0 Å². The van der Waals surface area contributed by atoms with Gasteiger partial charge >= 0.3 is 0 Å². The minimum atomic E-state index is -0.0202. The van der Waals surface area contributed by atoms with Crippen molar-refractivity contribution in [3.05, 3.63) is 95.2 Å². The number of aromatic nitrogens is 1. The van der Waals surface area contributed by atoms with Gasteiger partial charge in [0.2, 0.25) is 0 Å². The topological polar surface area (TPSA) is 45.2 Å². The molecule has 1 amide bonds. The summed E-state index contributed by atoms with van der Waals surface area (Å²) in [6.45, 7) is 2.64. The summed E-state index contributed by atoms with van der Waals surface area (Å²) in [5.74, 6) is 0.991. The maximum absolute atomic E-state index is 12.9. The number of nitrogens with zero attached hydrogens (tertiary/aromatic N) is 2. The molecule has 1 aliphatic heterocycles. The van der Waals surface area contributed by atoms with Gasteiger partial charge in [0.25, 0.3) is 5.91 Å². The smallest absolute Gasteiger partial charge is 0.251 e. The molecule has 0 atom stereocenters. The van der Waals surface area contributed by atoms with Crippen LogP contribution in [-0.2, 0) is 19.4 Å². The van der Waals surface area contributed by atoms with E-state index in [0.29, 0.717) is 6.54 Å². The highest BCUT2D eigenvalue weighted by atomic mass is 16.1. The molecular weight excluding hydrogens is 358 g/mol. The number of benzene rings is 2. The number of carbonyl (C=O) groups is 1. The second kappa shape index (κ2) is 9.37. The lowest BCUT2D eigenvalue weighted by atomic mass is 9.99. The van der Waals surface area contributed by atoms with Crippen LogP contribution in [0.1, 0.15) is 39.9 Å². The van der Waals surface area contributed by atoms with E-state index in [1.165, 1.54) is 18.4 Å². The van der Waals surface area contributed by atoms with Crippen LogP contribution in [0.3, 0.4) is 0 Å². The Kier molecular flexibility index (Phi) is 6.20. The number of pyridine rings is 1. The fourth-order valence-corrected chi connectivity index (χ4v) is 3.85. The van der Waals surface area contributed by atoms with E-state index in [1.54, 1.807) is 0 Å². The Morgan fingerprint density at radius 3 is 2.48 bits per heavy atom. The summed E-state index contributed by atoms with van der Waals surface area (Å²) in [7, 11) is 0. The number of anilines is 1. The van der Waals surface area contributed by atoms with Crippen molar-refractivity contribution in [2.24, 2.45) is 0 Å². The van der Waals surface area contributed by atoms with Crippen LogP contribution in [0.4, 0.5) is 5.82 Å². The molecule has 0 unspecified atom stereocenters. The van der Waals surface area contributed by atoms with E-state index in [1.807, 2.05) is 36.5 Å². The molecule has 1 aromatic heterocycles. The Balaban J connectivity index is 1.39. The van der Waals surface area contributed by atoms with Crippen molar-refractivity contribution in [3.8, 4) is 0 Å². The van der Waals surface area contributed by atoms with Crippen LogP contribution in [0.5, 0.6) is 0 Å². The molecule has 0 radical (unpaired) electrons. The summed E-state index contributed by atoms with van der Waals surface area (Å²) in [5.41, 5.74) is 4.21. The van der Waals surface area contributed by atoms with Crippen LogP contribution in [0.2, 0.25) is 0 Å². The average Bonchev–Trinajstić information content (AvgIpc) is 3.32. The van der Waals surface area contributed by atoms with Crippen molar-refractivity contribution in [2.45, 2.75) is 32.2 Å². The Labute approximate surface area is 172 Å². The molecule has 0 aliphatic carbocycles. The summed E-state index contributed by atoms with van der Waals surface area (Å²) < 4.78 is 0. The third-order valence-electron chi connectivity index (χ3n) is 5.48. The first kappa shape index (κ1) is 19.2. The molecule has 148 valence electrons. The molecule has 2 heterocycles. The number of hydrogen-bond donors (Lipinski definition) is 1. The summed E-state index contributed by atoms with van der Waals surface area (Å²) >= 11 is 0. The molecule has 1 N–H and O–H groups in total. The zero-order valence-corrected chi connectivity index (χ0v) is 16.7. The summed E-state index contributed by atoms with van der Waals surface area (Å²) in [6.07, 6.45) is 6.06. The van der Waals surface area contributed by atoms with Gasteiger partial charge in [0, 0.05) is 31.4 Å². The Morgan fingerprint density at radius 1 is 0.897 bits per heavy atom. The fourth-order valence-electron chi connectivity index (χ4n) is 3.85. The second-order valence-electron chi connectivity index (χ2n) is 7.54. The summed E-state index contributed by atoms with van der Waals surface area (Å²) in [4.78, 5) is 19.7. The Hall–Kier alpha value is -3.14. The summed E-state index contributed by atoms with van der Waals surface area (Å²) in [6, 6.07) is 22.4. The first-order valence-electron chi connectivity index (χ1n) is 10.4. The molecule has 0 bridgehead atoms. The van der Waals surface area contributed by atoms with E-state index in [2.05, 4.69) is 51.6 Å². The van der Waals surface area contributed by atoms with Crippen molar-refractivity contribution >= 4 is 11.7 Å². The predicted molar refractivity (Wildman–Crippen MR) is 117 cm³/mol. The second-order valence-corrected chi connectivity index (χ2v) is 7.54. The Morgan fingerprint density at radius 2 is 1.66 bits per heavy atom. The molecule has 1 fully saturated rings. The predicted octanol–water partition coefficient (Wildman–Crippen LogP) is 4.40. The average molecular weight is 386 g/mol. The van der Waals surface area contributed by atoms with Gasteiger partial charge in [0.05, 0.1) is 0 Å². The van der Waals surface area contributed by atoms with Gasteiger partial charge in [-0.3, -0.25) is 4.79 Å². The normalized spacial score (nSPS) is 13.4. The van der Waals surface area contributed by atoms with Gasteiger partial charge in [-0.25, -0.2) is 4.98 Å². The molecule has 0 spiro atoms. The number of nitrogens with one attached hydrogen (secondary N) is 1. The third kappa shape index (κ3) is 5.02. The molecule has 2 aromatic carbocycles. The number of hydrogen-bond acceptors (Lipinski definition) is 3. The van der Waals surface area contributed by atoms with Gasteiger partial charge in [-0.05, 0) is 60.6 Å². The Bertz CT molecular complexity index is 949. The standard InChI is InChI=1S/C25H27N3O/c29-25(27-19-21-14-15-26-24(18-21)28-16-6-7-17-28)23-11-5-4-10-22(23)13-12-20-8-2-1-3-9-20/h1-5,8-11,14-15,18H,6-7,12-13,16-17,19H2,(H,27,29). The minimum Gasteiger partial charge on any atom is -0.357 e. The fraction of sp³-hybridized carbons (Fsp3) is 0.280. The number of carbonyl (C=O) groups excluding carboxylic acids is 1. The van der Waals surface area contributed by atoms with Crippen LogP contribution in [0, 0.1) is 0 Å². The van der Waals surface area contributed by atoms with Crippen molar-refractivity contribution in [2.75, 3.05) is 18.0 Å². The summed E-state index contributed by atoms with van der Waals surface area (Å²) in [5, 5.41) is 3.09. The highest BCUT2D eigenvalue weighted by molar-refractivity contribution is 5.95. The van der Waals surface area contributed by atoms with Crippen LogP contribution >= 0.6 is 0 Å². The van der Waals surface area contributed by atoms with Crippen molar-refractivity contribution in [1.29, 1.82) is 0 Å². The zero-order chi connectivity index (χ0) is 19.9. The molecule has 1 saturated heterocycles. The molecule has 29 heavy (non-hydrogen) atoms. The first-order valence-corrected chi connectivity index (χ1v) is 10.4. The van der Waals surface area contributed by atoms with E-state index in [0.717, 1.165) is 48.4 Å². The lowest BCUT2D eigenvalue weighted by Gasteiger charge is -2.17. The molecule has 1 aliphatic rings. The van der Waals surface area contributed by atoms with Gasteiger partial charge in [0.1, 0.15) is 5.82 Å². The van der Waals surface area contributed by atoms with Crippen molar-refractivity contribution < 1.29 is 4.79 Å². The van der Waals surface area contributed by atoms with Gasteiger partial charge in [-0.2, -0.15) is 0 Å². The van der Waals surface area contributed by atoms with E-state index in [9.17, 15) is 4.79 Å². The van der Waals surface area contributed by atoms with E-state index < -0.39 is 0 Å². The molecule has 4 nitrogen and oxygen atoms in total. The van der Waals surface area contributed by atoms with Crippen molar-refractivity contribution in [1.82, 2.24) is 10.3 Å². The molecule has 0 saturated carbocycles. The number of rotatable bonds is 7. The molecule has 4 rings (SSSR count). The van der Waals surface area contributed by atoms with Gasteiger partial charge in [0.15, 0.2) is 0 Å². The van der Waals surface area contributed by atoms with Gasteiger partial charge < -0.3 is 10.2 Å². The lowest BCUT2D eigenvalue weighted by Crippen LogP contribution is -2.24. The highest BCUT2D eigenvalue weighted by Crippen LogP contribution is 2.19. The van der Waals surface area contributed by atoms with E-state index in [-0.39, 0.29) is 5.91 Å². The number of amides is 1. The van der Waals surface area contributed by atoms with Crippen LogP contribution in [-0.4, -0.2) is 24.0 Å². The lowest BCUT2D eigenvalue weighted by molar-refractivity contribution is 0.0950. The molecule has 3 aromatic rings. The van der Waals surface area contributed by atoms with Gasteiger partial charge in [-0.15, -0.1) is 0 Å². The third-order valence-corrected chi connectivity index (χ3v) is 5.48. The highest BCUT2D eigenvalue weighted by Gasteiger charge is 2.14. The van der Waals surface area contributed by atoms with Crippen LogP contribution in [0.25, 0.3) is 0 Å². The quantitative estimate of drug-likeness (QED) is 0.656. The number of aryl methyl sites for hydroxylation is 2. The van der Waals surface area contributed by atoms with E-state index in [4.69, 9.17) is 0 Å². The minimum absolute atomic E-state index is 0.0202. The first-order chi connectivity index (χ1) is 14.3.